The van der Waals surface area contributed by atoms with Crippen LogP contribution in [0.3, 0.4) is 0 Å². The highest BCUT2D eigenvalue weighted by Crippen LogP contribution is 2.40. The van der Waals surface area contributed by atoms with E-state index in [1.54, 1.807) is 12.1 Å². The second-order valence-corrected chi connectivity index (χ2v) is 6.42. The lowest BCUT2D eigenvalue weighted by Crippen LogP contribution is -2.41. The van der Waals surface area contributed by atoms with Gasteiger partial charge in [-0.3, -0.25) is 0 Å². The number of ether oxygens (including phenoxy) is 2. The first-order valence-corrected chi connectivity index (χ1v) is 8.84. The summed E-state index contributed by atoms with van der Waals surface area (Å²) in [6, 6.07) is 12.8. The maximum absolute atomic E-state index is 13.6. The van der Waals surface area contributed by atoms with Gasteiger partial charge in [-0.1, -0.05) is 24.3 Å². The lowest BCUT2D eigenvalue weighted by molar-refractivity contribution is -0.188. The van der Waals surface area contributed by atoms with Crippen LogP contribution in [0.5, 0.6) is 5.75 Å². The summed E-state index contributed by atoms with van der Waals surface area (Å²) >= 11 is 0. The number of fused-ring (bicyclic) bond motifs is 1. The molecule has 1 N–H and O–H groups in total. The number of anilines is 1. The van der Waals surface area contributed by atoms with Gasteiger partial charge in [0.15, 0.2) is 0 Å². The number of halogens is 3. The Kier molecular flexibility index (Phi) is 5.63. The van der Waals surface area contributed by atoms with E-state index in [4.69, 9.17) is 9.47 Å². The molecule has 0 fully saturated rings. The van der Waals surface area contributed by atoms with Crippen molar-refractivity contribution >= 4 is 17.7 Å². The minimum atomic E-state index is -4.74. The molecule has 1 atom stereocenters. The van der Waals surface area contributed by atoms with Crippen molar-refractivity contribution in [1.82, 2.24) is 0 Å². The monoisotopic (exact) mass is 391 g/mol. The highest BCUT2D eigenvalue weighted by Gasteiger charge is 2.49. The van der Waals surface area contributed by atoms with Crippen LogP contribution in [0, 0.1) is 6.92 Å². The molecule has 3 rings (SSSR count). The van der Waals surface area contributed by atoms with E-state index in [1.807, 2.05) is 37.3 Å². The molecular formula is C21H20F3NO3. The van der Waals surface area contributed by atoms with Gasteiger partial charge in [0.05, 0.1) is 12.2 Å². The second kappa shape index (κ2) is 7.96. The summed E-state index contributed by atoms with van der Waals surface area (Å²) in [6.07, 6.45) is -5.89. The Hall–Kier alpha value is -2.96. The van der Waals surface area contributed by atoms with Crippen molar-refractivity contribution in [3.05, 3.63) is 64.7 Å². The Bertz CT molecular complexity index is 892. The van der Waals surface area contributed by atoms with Gasteiger partial charge < -0.3 is 14.8 Å². The SMILES string of the molecule is CCOC(=O)C1=Cc2cc(C)cc(CNc3ccccc3)c2OC1C(F)(F)F. The number of para-hydroxylation sites is 1. The van der Waals surface area contributed by atoms with Crippen molar-refractivity contribution in [2.75, 3.05) is 11.9 Å². The highest BCUT2D eigenvalue weighted by molar-refractivity contribution is 5.96. The van der Waals surface area contributed by atoms with Crippen LogP contribution in [-0.2, 0) is 16.1 Å². The number of rotatable bonds is 5. The fourth-order valence-electron chi connectivity index (χ4n) is 3.06. The van der Waals surface area contributed by atoms with Crippen molar-refractivity contribution in [2.24, 2.45) is 0 Å². The fourth-order valence-corrected chi connectivity index (χ4v) is 3.06. The van der Waals surface area contributed by atoms with Gasteiger partial charge in [0.2, 0.25) is 6.10 Å². The maximum atomic E-state index is 13.6. The van der Waals surface area contributed by atoms with Gasteiger partial charge in [-0.2, -0.15) is 13.2 Å². The molecule has 1 unspecified atom stereocenters. The van der Waals surface area contributed by atoms with E-state index in [2.05, 4.69) is 5.32 Å². The predicted octanol–water partition coefficient (Wildman–Crippen LogP) is 4.88. The van der Waals surface area contributed by atoms with E-state index in [1.165, 1.54) is 13.0 Å². The number of hydrogen-bond donors (Lipinski definition) is 1. The molecule has 0 saturated carbocycles. The van der Waals surface area contributed by atoms with Gasteiger partial charge in [-0.15, -0.1) is 0 Å². The van der Waals surface area contributed by atoms with Crippen LogP contribution in [0.2, 0.25) is 0 Å². The van der Waals surface area contributed by atoms with Crippen molar-refractivity contribution in [3.8, 4) is 5.75 Å². The predicted molar refractivity (Wildman–Crippen MR) is 100 cm³/mol. The smallest absolute Gasteiger partial charge is 0.430 e. The third kappa shape index (κ3) is 4.30. The van der Waals surface area contributed by atoms with Gasteiger partial charge in [0.1, 0.15) is 5.75 Å². The summed E-state index contributed by atoms with van der Waals surface area (Å²) < 4.78 is 50.8. The van der Waals surface area contributed by atoms with E-state index in [0.29, 0.717) is 11.1 Å². The van der Waals surface area contributed by atoms with Gasteiger partial charge in [0, 0.05) is 23.4 Å². The molecule has 4 nitrogen and oxygen atoms in total. The Morgan fingerprint density at radius 2 is 1.93 bits per heavy atom. The lowest BCUT2D eigenvalue weighted by Gasteiger charge is -2.29. The fraction of sp³-hybridized carbons (Fsp3) is 0.286. The number of carbonyl (C=O) groups is 1. The Morgan fingerprint density at radius 3 is 2.57 bits per heavy atom. The summed E-state index contributed by atoms with van der Waals surface area (Å²) in [5, 5.41) is 3.17. The molecule has 0 bridgehead atoms. The zero-order valence-corrected chi connectivity index (χ0v) is 15.5. The molecule has 2 aromatic rings. The van der Waals surface area contributed by atoms with Crippen LogP contribution in [-0.4, -0.2) is 24.9 Å². The number of benzene rings is 2. The Morgan fingerprint density at radius 1 is 1.21 bits per heavy atom. The van der Waals surface area contributed by atoms with Crippen molar-refractivity contribution < 1.29 is 27.4 Å². The number of nitrogens with one attached hydrogen (secondary N) is 1. The van der Waals surface area contributed by atoms with Gasteiger partial charge in [-0.25, -0.2) is 4.79 Å². The van der Waals surface area contributed by atoms with Crippen molar-refractivity contribution in [1.29, 1.82) is 0 Å². The average Bonchev–Trinajstić information content (AvgIpc) is 2.65. The van der Waals surface area contributed by atoms with Crippen LogP contribution in [0.4, 0.5) is 18.9 Å². The van der Waals surface area contributed by atoms with Crippen molar-refractivity contribution in [3.63, 3.8) is 0 Å². The molecule has 0 spiro atoms. The third-order valence-corrected chi connectivity index (χ3v) is 4.23. The quantitative estimate of drug-likeness (QED) is 0.739. The van der Waals surface area contributed by atoms with E-state index in [0.717, 1.165) is 11.3 Å². The van der Waals surface area contributed by atoms with Gasteiger partial charge >= 0.3 is 12.1 Å². The molecule has 148 valence electrons. The molecule has 0 aromatic heterocycles. The average molecular weight is 391 g/mol. The molecule has 0 saturated heterocycles. The van der Waals surface area contributed by atoms with E-state index in [-0.39, 0.29) is 18.9 Å². The van der Waals surface area contributed by atoms with Gasteiger partial charge in [0.25, 0.3) is 0 Å². The summed E-state index contributed by atoms with van der Waals surface area (Å²) in [7, 11) is 0. The number of esters is 1. The maximum Gasteiger partial charge on any atom is 0.430 e. The zero-order valence-electron chi connectivity index (χ0n) is 15.5. The first-order chi connectivity index (χ1) is 13.3. The van der Waals surface area contributed by atoms with Crippen LogP contribution in [0.15, 0.2) is 48.0 Å². The van der Waals surface area contributed by atoms with Crippen LogP contribution >= 0.6 is 0 Å². The van der Waals surface area contributed by atoms with Gasteiger partial charge in [-0.05, 0) is 43.7 Å². The highest BCUT2D eigenvalue weighted by atomic mass is 19.4. The molecule has 0 radical (unpaired) electrons. The third-order valence-electron chi connectivity index (χ3n) is 4.23. The Labute approximate surface area is 161 Å². The number of alkyl halides is 3. The Balaban J connectivity index is 1.99. The molecule has 7 heteroatoms. The summed E-state index contributed by atoms with van der Waals surface area (Å²) in [6.45, 7) is 3.63. The number of carbonyl (C=O) groups excluding carboxylic acids is 1. The minimum Gasteiger partial charge on any atom is -0.475 e. The van der Waals surface area contributed by atoms with Crippen LogP contribution in [0.25, 0.3) is 6.08 Å². The van der Waals surface area contributed by atoms with E-state index >= 15 is 0 Å². The molecule has 28 heavy (non-hydrogen) atoms. The van der Waals surface area contributed by atoms with Crippen LogP contribution < -0.4 is 10.1 Å². The number of aryl methyl sites for hydroxylation is 1. The standard InChI is InChI=1S/C21H20F3NO3/c1-3-27-20(26)17-11-14-9-13(2)10-15(12-25-16-7-5-4-6-8-16)18(14)28-19(17)21(22,23)24/h4-11,19,25H,3,12H2,1-2H3. The topological polar surface area (TPSA) is 47.6 Å². The van der Waals surface area contributed by atoms with E-state index < -0.39 is 23.8 Å². The number of hydrogen-bond acceptors (Lipinski definition) is 4. The second-order valence-electron chi connectivity index (χ2n) is 6.42. The summed E-state index contributed by atoms with van der Waals surface area (Å²) in [4.78, 5) is 12.1. The normalized spacial score (nSPS) is 15.9. The van der Waals surface area contributed by atoms with Crippen LogP contribution in [0.1, 0.15) is 23.6 Å². The summed E-state index contributed by atoms with van der Waals surface area (Å²) in [5.74, 6) is -0.912. The largest absolute Gasteiger partial charge is 0.475 e. The molecule has 0 aliphatic carbocycles. The molecule has 1 aliphatic heterocycles. The minimum absolute atomic E-state index is 0.0202. The van der Waals surface area contributed by atoms with E-state index in [9.17, 15) is 18.0 Å². The molecule has 1 heterocycles. The molecule has 0 amide bonds. The first-order valence-electron chi connectivity index (χ1n) is 8.84. The lowest BCUT2D eigenvalue weighted by atomic mass is 9.96. The van der Waals surface area contributed by atoms with Crippen molar-refractivity contribution in [2.45, 2.75) is 32.7 Å². The first kappa shape index (κ1) is 19.8. The summed E-state index contributed by atoms with van der Waals surface area (Å²) in [5.41, 5.74) is 2.14. The molecule has 1 aliphatic rings. The molecular weight excluding hydrogens is 371 g/mol. The zero-order chi connectivity index (χ0) is 20.3. The molecule has 2 aromatic carbocycles.